The van der Waals surface area contributed by atoms with E-state index in [1.54, 1.807) is 6.26 Å². The van der Waals surface area contributed by atoms with Crippen molar-refractivity contribution in [1.29, 1.82) is 0 Å². The average molecular weight is 283 g/mol. The fourth-order valence-corrected chi connectivity index (χ4v) is 2.77. The van der Waals surface area contributed by atoms with Crippen LogP contribution in [0.25, 0.3) is 22.4 Å². The average Bonchev–Trinajstić information content (AvgIpc) is 3.11. The minimum absolute atomic E-state index is 0.540. The van der Waals surface area contributed by atoms with E-state index in [9.17, 15) is 0 Å². The Balaban J connectivity index is 2.23. The fourth-order valence-electron chi connectivity index (χ4n) is 2.77. The largest absolute Gasteiger partial charge is 0.469 e. The monoisotopic (exact) mass is 283 g/mol. The van der Waals surface area contributed by atoms with E-state index in [4.69, 9.17) is 15.1 Å². The van der Waals surface area contributed by atoms with Gasteiger partial charge >= 0.3 is 0 Å². The van der Waals surface area contributed by atoms with Gasteiger partial charge in [-0.15, -0.1) is 0 Å². The summed E-state index contributed by atoms with van der Waals surface area (Å²) in [5, 5.41) is 0. The van der Waals surface area contributed by atoms with Gasteiger partial charge in [-0.3, -0.25) is 0 Å². The van der Waals surface area contributed by atoms with Gasteiger partial charge in [-0.25, -0.2) is 4.98 Å². The van der Waals surface area contributed by atoms with Crippen molar-refractivity contribution in [2.45, 2.75) is 39.8 Å². The molecule has 4 heteroatoms. The molecule has 0 saturated carbocycles. The third-order valence-corrected chi connectivity index (χ3v) is 3.80. The number of hydrogen-bond acceptors (Lipinski definition) is 3. The normalized spacial score (nSPS) is 11.4. The molecular formula is C17H21N3O. The van der Waals surface area contributed by atoms with E-state index < -0.39 is 0 Å². The lowest BCUT2D eigenvalue weighted by molar-refractivity contribution is 0.516. The van der Waals surface area contributed by atoms with Gasteiger partial charge in [0.05, 0.1) is 22.9 Å². The molecule has 0 unspecified atom stereocenters. The summed E-state index contributed by atoms with van der Waals surface area (Å²) < 4.78 is 7.85. The van der Waals surface area contributed by atoms with Crippen LogP contribution in [-0.2, 0) is 19.5 Å². The van der Waals surface area contributed by atoms with Crippen molar-refractivity contribution in [3.05, 3.63) is 41.9 Å². The van der Waals surface area contributed by atoms with E-state index in [1.165, 1.54) is 0 Å². The number of nitrogens with zero attached hydrogens (tertiary/aromatic N) is 2. The summed E-state index contributed by atoms with van der Waals surface area (Å²) >= 11 is 0. The molecule has 110 valence electrons. The molecule has 0 saturated heterocycles. The van der Waals surface area contributed by atoms with Crippen LogP contribution in [0.15, 0.2) is 34.9 Å². The third-order valence-electron chi connectivity index (χ3n) is 3.80. The second-order valence-electron chi connectivity index (χ2n) is 5.23. The molecule has 0 aliphatic carbocycles. The summed E-state index contributed by atoms with van der Waals surface area (Å²) in [5.41, 5.74) is 10.1. The van der Waals surface area contributed by atoms with E-state index in [-0.39, 0.29) is 0 Å². The molecule has 0 atom stereocenters. The Labute approximate surface area is 124 Å². The highest BCUT2D eigenvalue weighted by Crippen LogP contribution is 2.29. The quantitative estimate of drug-likeness (QED) is 0.776. The summed E-state index contributed by atoms with van der Waals surface area (Å²) in [6, 6.07) is 8.29. The van der Waals surface area contributed by atoms with Gasteiger partial charge < -0.3 is 14.7 Å². The second-order valence-corrected chi connectivity index (χ2v) is 5.23. The Bertz CT molecular complexity index is 755. The van der Waals surface area contributed by atoms with Crippen molar-refractivity contribution in [1.82, 2.24) is 9.55 Å². The lowest BCUT2D eigenvalue weighted by Gasteiger charge is -2.07. The van der Waals surface area contributed by atoms with Crippen molar-refractivity contribution in [2.75, 3.05) is 0 Å². The highest BCUT2D eigenvalue weighted by Gasteiger charge is 2.16. The number of nitrogens with two attached hydrogens (primary N) is 1. The molecule has 21 heavy (non-hydrogen) atoms. The number of imidazole rings is 1. The van der Waals surface area contributed by atoms with Crippen LogP contribution in [0.5, 0.6) is 0 Å². The summed E-state index contributed by atoms with van der Waals surface area (Å²) in [4.78, 5) is 4.84. The highest BCUT2D eigenvalue weighted by molar-refractivity contribution is 5.81. The topological polar surface area (TPSA) is 57.0 Å². The first-order valence-corrected chi connectivity index (χ1v) is 7.54. The molecule has 2 aromatic heterocycles. The molecule has 0 spiro atoms. The predicted molar refractivity (Wildman–Crippen MR) is 85.0 cm³/mol. The Morgan fingerprint density at radius 1 is 1.24 bits per heavy atom. The van der Waals surface area contributed by atoms with E-state index >= 15 is 0 Å². The standard InChI is InChI=1S/C17H21N3O/c1-3-8-20-15-6-5-12(11-18)10-14(15)19-17(20)13-7-9-21-16(13)4-2/h5-7,9-10H,3-4,8,11,18H2,1-2H3. The molecule has 0 amide bonds. The predicted octanol–water partition coefficient (Wildman–Crippen LogP) is 3.73. The second kappa shape index (κ2) is 5.74. The molecule has 2 N–H and O–H groups in total. The maximum atomic E-state index is 5.74. The minimum Gasteiger partial charge on any atom is -0.469 e. The highest BCUT2D eigenvalue weighted by atomic mass is 16.3. The first-order valence-electron chi connectivity index (χ1n) is 7.54. The van der Waals surface area contributed by atoms with Gasteiger partial charge in [0.25, 0.3) is 0 Å². The zero-order chi connectivity index (χ0) is 14.8. The van der Waals surface area contributed by atoms with Gasteiger partial charge in [-0.2, -0.15) is 0 Å². The Morgan fingerprint density at radius 3 is 2.81 bits per heavy atom. The molecule has 2 heterocycles. The van der Waals surface area contributed by atoms with Crippen LogP contribution in [0.4, 0.5) is 0 Å². The Morgan fingerprint density at radius 2 is 2.10 bits per heavy atom. The zero-order valence-corrected chi connectivity index (χ0v) is 12.6. The van der Waals surface area contributed by atoms with Gasteiger partial charge in [-0.1, -0.05) is 19.9 Å². The van der Waals surface area contributed by atoms with E-state index in [0.29, 0.717) is 6.54 Å². The summed E-state index contributed by atoms with van der Waals surface area (Å²) in [7, 11) is 0. The third kappa shape index (κ3) is 2.36. The molecule has 3 aromatic rings. The Kier molecular flexibility index (Phi) is 3.80. The number of rotatable bonds is 5. The smallest absolute Gasteiger partial charge is 0.144 e. The van der Waals surface area contributed by atoms with Crippen molar-refractivity contribution >= 4 is 11.0 Å². The summed E-state index contributed by atoms with van der Waals surface area (Å²) in [5.74, 6) is 1.98. The van der Waals surface area contributed by atoms with Gasteiger partial charge in [0, 0.05) is 19.5 Å². The molecular weight excluding hydrogens is 262 g/mol. The number of aryl methyl sites for hydroxylation is 2. The maximum absolute atomic E-state index is 5.74. The van der Waals surface area contributed by atoms with E-state index in [1.807, 2.05) is 6.07 Å². The van der Waals surface area contributed by atoms with Gasteiger partial charge in [0.2, 0.25) is 0 Å². The molecule has 1 aromatic carbocycles. The lowest BCUT2D eigenvalue weighted by atomic mass is 10.2. The number of hydrogen-bond donors (Lipinski definition) is 1. The molecule has 4 nitrogen and oxygen atoms in total. The van der Waals surface area contributed by atoms with E-state index in [2.05, 4.69) is 36.6 Å². The van der Waals surface area contributed by atoms with Gasteiger partial charge in [0.15, 0.2) is 0 Å². The zero-order valence-electron chi connectivity index (χ0n) is 12.6. The fraction of sp³-hybridized carbons (Fsp3) is 0.353. The van der Waals surface area contributed by atoms with Gasteiger partial charge in [-0.05, 0) is 30.2 Å². The van der Waals surface area contributed by atoms with Crippen LogP contribution in [0, 0.1) is 0 Å². The summed E-state index contributed by atoms with van der Waals surface area (Å²) in [6.45, 7) is 5.77. The molecule has 0 aliphatic heterocycles. The van der Waals surface area contributed by atoms with E-state index in [0.717, 1.165) is 53.1 Å². The minimum atomic E-state index is 0.540. The van der Waals surface area contributed by atoms with Crippen molar-refractivity contribution < 1.29 is 4.42 Å². The molecule has 3 rings (SSSR count). The van der Waals surface area contributed by atoms with Crippen LogP contribution >= 0.6 is 0 Å². The van der Waals surface area contributed by atoms with Crippen LogP contribution in [0.2, 0.25) is 0 Å². The van der Waals surface area contributed by atoms with Crippen molar-refractivity contribution in [3.63, 3.8) is 0 Å². The Hall–Kier alpha value is -2.07. The maximum Gasteiger partial charge on any atom is 0.144 e. The van der Waals surface area contributed by atoms with Gasteiger partial charge in [0.1, 0.15) is 11.6 Å². The van der Waals surface area contributed by atoms with Crippen LogP contribution < -0.4 is 5.73 Å². The van der Waals surface area contributed by atoms with Crippen LogP contribution in [0.3, 0.4) is 0 Å². The molecule has 0 bridgehead atoms. The molecule has 0 fully saturated rings. The SMILES string of the molecule is CCCn1c(-c2ccoc2CC)nc2cc(CN)ccc21. The number of aromatic nitrogens is 2. The lowest BCUT2D eigenvalue weighted by Crippen LogP contribution is -2.00. The number of fused-ring (bicyclic) bond motifs is 1. The number of furan rings is 1. The molecule has 0 radical (unpaired) electrons. The number of benzene rings is 1. The first-order chi connectivity index (χ1) is 10.3. The van der Waals surface area contributed by atoms with Crippen LogP contribution in [-0.4, -0.2) is 9.55 Å². The van der Waals surface area contributed by atoms with Crippen molar-refractivity contribution in [3.8, 4) is 11.4 Å². The first kappa shape index (κ1) is 13.9. The molecule has 0 aliphatic rings. The van der Waals surface area contributed by atoms with Crippen molar-refractivity contribution in [2.24, 2.45) is 5.73 Å². The van der Waals surface area contributed by atoms with Crippen LogP contribution in [0.1, 0.15) is 31.6 Å². The summed E-state index contributed by atoms with van der Waals surface area (Å²) in [6.07, 6.45) is 3.68.